The van der Waals surface area contributed by atoms with Crippen LogP contribution in [0.2, 0.25) is 0 Å². The molecule has 1 aliphatic heterocycles. The van der Waals surface area contributed by atoms with Crippen LogP contribution in [0.15, 0.2) is 24.3 Å². The Balaban J connectivity index is 1.86. The van der Waals surface area contributed by atoms with Crippen molar-refractivity contribution in [3.63, 3.8) is 0 Å². The minimum Gasteiger partial charge on any atom is -0.495 e. The summed E-state index contributed by atoms with van der Waals surface area (Å²) >= 11 is 0. The minimum absolute atomic E-state index is 0.325. The van der Waals surface area contributed by atoms with Gasteiger partial charge in [0.15, 0.2) is 0 Å². The van der Waals surface area contributed by atoms with Gasteiger partial charge < -0.3 is 15.0 Å². The third-order valence-electron chi connectivity index (χ3n) is 4.98. The fraction of sp³-hybridized carbons (Fsp3) is 0.647. The molecule has 0 aromatic heterocycles. The SMILES string of the molecule is COc1ccccc1N1CC2(CCCCC2)NCC1C. The number of anilines is 1. The van der Waals surface area contributed by atoms with Gasteiger partial charge in [0.2, 0.25) is 0 Å². The van der Waals surface area contributed by atoms with Gasteiger partial charge in [0.1, 0.15) is 5.75 Å². The van der Waals surface area contributed by atoms with Gasteiger partial charge in [0, 0.05) is 24.7 Å². The van der Waals surface area contributed by atoms with E-state index in [1.54, 1.807) is 7.11 Å². The Morgan fingerprint density at radius 3 is 2.70 bits per heavy atom. The van der Waals surface area contributed by atoms with E-state index < -0.39 is 0 Å². The zero-order valence-electron chi connectivity index (χ0n) is 12.7. The van der Waals surface area contributed by atoms with Crippen LogP contribution in [0, 0.1) is 0 Å². The van der Waals surface area contributed by atoms with E-state index in [4.69, 9.17) is 4.74 Å². The highest BCUT2D eigenvalue weighted by Gasteiger charge is 2.39. The average Bonchev–Trinajstić information content (AvgIpc) is 2.51. The van der Waals surface area contributed by atoms with Crippen molar-refractivity contribution in [2.75, 3.05) is 25.1 Å². The van der Waals surface area contributed by atoms with E-state index in [-0.39, 0.29) is 0 Å². The van der Waals surface area contributed by atoms with E-state index in [0.717, 1.165) is 18.8 Å². The molecule has 1 N–H and O–H groups in total. The van der Waals surface area contributed by atoms with E-state index in [0.29, 0.717) is 11.6 Å². The Morgan fingerprint density at radius 2 is 1.95 bits per heavy atom. The monoisotopic (exact) mass is 274 g/mol. The maximum Gasteiger partial charge on any atom is 0.142 e. The Hall–Kier alpha value is -1.22. The summed E-state index contributed by atoms with van der Waals surface area (Å²) in [5.41, 5.74) is 1.57. The number of ether oxygens (including phenoxy) is 1. The molecule has 3 nitrogen and oxygen atoms in total. The van der Waals surface area contributed by atoms with E-state index in [2.05, 4.69) is 35.3 Å². The molecule has 1 aromatic rings. The Labute approximate surface area is 122 Å². The second-order valence-electron chi connectivity index (χ2n) is 6.37. The molecule has 2 aliphatic rings. The van der Waals surface area contributed by atoms with Gasteiger partial charge in [0.25, 0.3) is 0 Å². The van der Waals surface area contributed by atoms with Crippen molar-refractivity contribution in [1.82, 2.24) is 5.32 Å². The van der Waals surface area contributed by atoms with Gasteiger partial charge in [-0.25, -0.2) is 0 Å². The van der Waals surface area contributed by atoms with Gasteiger partial charge in [-0.05, 0) is 31.9 Å². The first kappa shape index (κ1) is 13.7. The molecule has 1 saturated heterocycles. The lowest BCUT2D eigenvalue weighted by Gasteiger charge is -2.50. The zero-order valence-corrected chi connectivity index (χ0v) is 12.7. The van der Waals surface area contributed by atoms with E-state index in [1.165, 1.54) is 37.8 Å². The van der Waals surface area contributed by atoms with Crippen LogP contribution in [0.1, 0.15) is 39.0 Å². The molecular formula is C17H26N2O. The van der Waals surface area contributed by atoms with Gasteiger partial charge in [-0.15, -0.1) is 0 Å². The van der Waals surface area contributed by atoms with Gasteiger partial charge >= 0.3 is 0 Å². The number of rotatable bonds is 2. The smallest absolute Gasteiger partial charge is 0.142 e. The summed E-state index contributed by atoms with van der Waals surface area (Å²) in [5.74, 6) is 0.993. The molecule has 1 heterocycles. The highest BCUT2D eigenvalue weighted by molar-refractivity contribution is 5.59. The van der Waals surface area contributed by atoms with E-state index in [1.807, 2.05) is 6.07 Å². The normalized spacial score (nSPS) is 25.7. The number of hydrogen-bond acceptors (Lipinski definition) is 3. The van der Waals surface area contributed by atoms with Crippen LogP contribution in [0.4, 0.5) is 5.69 Å². The number of benzene rings is 1. The molecule has 2 fully saturated rings. The number of para-hydroxylation sites is 2. The molecule has 1 unspecified atom stereocenters. The number of piperazine rings is 1. The fourth-order valence-electron chi connectivity index (χ4n) is 3.77. The minimum atomic E-state index is 0.325. The predicted octanol–water partition coefficient (Wildman–Crippen LogP) is 3.20. The molecule has 1 aliphatic carbocycles. The Kier molecular flexibility index (Phi) is 3.88. The summed E-state index contributed by atoms with van der Waals surface area (Å²) in [6, 6.07) is 8.93. The van der Waals surface area contributed by atoms with Crippen LogP contribution >= 0.6 is 0 Å². The lowest BCUT2D eigenvalue weighted by Crippen LogP contribution is -2.64. The Bertz CT molecular complexity index is 454. The molecule has 1 saturated carbocycles. The molecule has 20 heavy (non-hydrogen) atoms. The molecule has 0 amide bonds. The average molecular weight is 274 g/mol. The zero-order chi connectivity index (χ0) is 14.0. The highest BCUT2D eigenvalue weighted by atomic mass is 16.5. The van der Waals surface area contributed by atoms with Gasteiger partial charge in [0.05, 0.1) is 12.8 Å². The van der Waals surface area contributed by atoms with Crippen molar-refractivity contribution in [3.8, 4) is 5.75 Å². The van der Waals surface area contributed by atoms with Crippen molar-refractivity contribution in [3.05, 3.63) is 24.3 Å². The fourth-order valence-corrected chi connectivity index (χ4v) is 3.77. The van der Waals surface area contributed by atoms with E-state index in [9.17, 15) is 0 Å². The first-order chi connectivity index (χ1) is 9.74. The first-order valence-electron chi connectivity index (χ1n) is 7.89. The maximum atomic E-state index is 5.56. The third kappa shape index (κ3) is 2.51. The van der Waals surface area contributed by atoms with Crippen molar-refractivity contribution in [2.24, 2.45) is 0 Å². The summed E-state index contributed by atoms with van der Waals surface area (Å²) < 4.78 is 5.56. The van der Waals surface area contributed by atoms with Crippen LogP contribution in [0.5, 0.6) is 5.75 Å². The summed E-state index contributed by atoms with van der Waals surface area (Å²) in [6.07, 6.45) is 6.74. The lowest BCUT2D eigenvalue weighted by atomic mass is 9.79. The molecule has 0 bridgehead atoms. The molecule has 0 radical (unpaired) electrons. The molecule has 3 rings (SSSR count). The number of hydrogen-bond donors (Lipinski definition) is 1. The van der Waals surface area contributed by atoms with Crippen LogP contribution in [-0.2, 0) is 0 Å². The van der Waals surface area contributed by atoms with Crippen molar-refractivity contribution in [1.29, 1.82) is 0 Å². The molecule has 1 spiro atoms. The molecule has 110 valence electrons. The molecule has 1 aromatic carbocycles. The first-order valence-corrected chi connectivity index (χ1v) is 7.89. The predicted molar refractivity (Wildman–Crippen MR) is 83.6 cm³/mol. The lowest BCUT2D eigenvalue weighted by molar-refractivity contribution is 0.200. The van der Waals surface area contributed by atoms with Crippen molar-refractivity contribution >= 4 is 5.69 Å². The highest BCUT2D eigenvalue weighted by Crippen LogP contribution is 2.36. The largest absolute Gasteiger partial charge is 0.495 e. The summed E-state index contributed by atoms with van der Waals surface area (Å²) in [6.45, 7) is 4.47. The van der Waals surface area contributed by atoms with Crippen molar-refractivity contribution < 1.29 is 4.74 Å². The van der Waals surface area contributed by atoms with Crippen molar-refractivity contribution in [2.45, 2.75) is 50.6 Å². The van der Waals surface area contributed by atoms with Crippen LogP contribution in [0.3, 0.4) is 0 Å². The number of methoxy groups -OCH3 is 1. The topological polar surface area (TPSA) is 24.5 Å². The van der Waals surface area contributed by atoms with Gasteiger partial charge in [-0.1, -0.05) is 31.4 Å². The summed E-state index contributed by atoms with van der Waals surface area (Å²) in [5, 5.41) is 3.84. The number of nitrogens with zero attached hydrogens (tertiary/aromatic N) is 1. The molecule has 1 atom stereocenters. The van der Waals surface area contributed by atoms with Crippen LogP contribution in [-0.4, -0.2) is 31.8 Å². The second kappa shape index (κ2) is 5.65. The second-order valence-corrected chi connectivity index (χ2v) is 6.37. The Morgan fingerprint density at radius 1 is 1.20 bits per heavy atom. The van der Waals surface area contributed by atoms with Gasteiger partial charge in [-0.2, -0.15) is 0 Å². The quantitative estimate of drug-likeness (QED) is 0.896. The summed E-state index contributed by atoms with van der Waals surface area (Å²) in [7, 11) is 1.77. The van der Waals surface area contributed by atoms with E-state index >= 15 is 0 Å². The maximum absolute atomic E-state index is 5.56. The summed E-state index contributed by atoms with van der Waals surface area (Å²) in [4.78, 5) is 2.54. The number of nitrogens with one attached hydrogen (secondary N) is 1. The van der Waals surface area contributed by atoms with Gasteiger partial charge in [-0.3, -0.25) is 0 Å². The molecule has 3 heteroatoms. The third-order valence-corrected chi connectivity index (χ3v) is 4.98. The van der Waals surface area contributed by atoms with Crippen LogP contribution in [0.25, 0.3) is 0 Å². The molecular weight excluding hydrogens is 248 g/mol. The standard InChI is InChI=1S/C17H26N2O/c1-14-12-18-17(10-6-3-7-11-17)13-19(14)15-8-4-5-9-16(15)20-2/h4-5,8-9,14,18H,3,6-7,10-13H2,1-2H3. The van der Waals surface area contributed by atoms with Crippen LogP contribution < -0.4 is 15.0 Å².